The minimum absolute atomic E-state index is 0.309. The normalized spacial score (nSPS) is 18.8. The van der Waals surface area contributed by atoms with Gasteiger partial charge in [0.15, 0.2) is 10.8 Å². The molecule has 3 rings (SSSR count). The molecule has 5 nitrogen and oxygen atoms in total. The maximum Gasteiger partial charge on any atom is 0.190 e. The lowest BCUT2D eigenvalue weighted by atomic mass is 10.4. The Morgan fingerprint density at radius 2 is 2.24 bits per heavy atom. The average Bonchev–Trinajstić information content (AvgIpc) is 3.09. The van der Waals surface area contributed by atoms with Crippen molar-refractivity contribution >= 4 is 34.6 Å². The predicted molar refractivity (Wildman–Crippen MR) is 68.6 cm³/mol. The molecule has 3 heterocycles. The maximum atomic E-state index is 5.23. The predicted octanol–water partition coefficient (Wildman–Crippen LogP) is 1.67. The Morgan fingerprint density at radius 1 is 1.41 bits per heavy atom. The Morgan fingerprint density at radius 3 is 2.88 bits per heavy atom. The summed E-state index contributed by atoms with van der Waals surface area (Å²) < 4.78 is 7.14. The molecule has 2 aromatic heterocycles. The van der Waals surface area contributed by atoms with Gasteiger partial charge in [0, 0.05) is 0 Å². The number of thioether (sulfide) groups is 2. The monoisotopic (exact) mass is 268 g/mol. The number of aromatic nitrogens is 4. The van der Waals surface area contributed by atoms with Crippen LogP contribution < -0.4 is 0 Å². The second-order valence-electron chi connectivity index (χ2n) is 3.74. The summed E-state index contributed by atoms with van der Waals surface area (Å²) in [6.07, 6.45) is 6.15. The van der Waals surface area contributed by atoms with Gasteiger partial charge in [0.05, 0.1) is 24.7 Å². The van der Waals surface area contributed by atoms with Crippen molar-refractivity contribution in [1.29, 1.82) is 0 Å². The summed E-state index contributed by atoms with van der Waals surface area (Å²) in [5.74, 6) is 0. The zero-order valence-electron chi connectivity index (χ0n) is 9.58. The van der Waals surface area contributed by atoms with E-state index in [1.165, 1.54) is 0 Å². The molecule has 0 aliphatic carbocycles. The van der Waals surface area contributed by atoms with Crippen LogP contribution in [0.3, 0.4) is 0 Å². The molecule has 90 valence electrons. The van der Waals surface area contributed by atoms with Crippen molar-refractivity contribution in [3.05, 3.63) is 6.20 Å². The Balaban J connectivity index is 2.11. The first-order valence-electron chi connectivity index (χ1n) is 5.25. The van der Waals surface area contributed by atoms with Gasteiger partial charge in [0.1, 0.15) is 11.1 Å². The van der Waals surface area contributed by atoms with E-state index >= 15 is 0 Å². The molecule has 0 saturated carbocycles. The van der Waals surface area contributed by atoms with Gasteiger partial charge in [-0.3, -0.25) is 0 Å². The molecule has 7 heteroatoms. The van der Waals surface area contributed by atoms with Crippen LogP contribution in [0.15, 0.2) is 16.4 Å². The molecular formula is C10H12N4OS2. The summed E-state index contributed by atoms with van der Waals surface area (Å²) in [5, 5.41) is 7.18. The van der Waals surface area contributed by atoms with Crippen LogP contribution in [0.25, 0.3) is 11.0 Å². The molecule has 0 bridgehead atoms. The fourth-order valence-corrected chi connectivity index (χ4v) is 2.62. The van der Waals surface area contributed by atoms with Crippen LogP contribution in [0.4, 0.5) is 0 Å². The van der Waals surface area contributed by atoms with Gasteiger partial charge < -0.3 is 4.74 Å². The number of ether oxygens (including phenoxy) is 1. The molecule has 17 heavy (non-hydrogen) atoms. The Kier molecular flexibility index (Phi) is 2.97. The Bertz CT molecular complexity index is 552. The smallest absolute Gasteiger partial charge is 0.190 e. The summed E-state index contributed by atoms with van der Waals surface area (Å²) in [5.41, 5.74) is 0.907. The summed E-state index contributed by atoms with van der Waals surface area (Å²) >= 11 is 3.18. The molecule has 0 N–H and O–H groups in total. The zero-order chi connectivity index (χ0) is 11.8. The molecule has 1 aliphatic heterocycles. The van der Waals surface area contributed by atoms with Crippen molar-refractivity contribution in [2.24, 2.45) is 0 Å². The molecule has 0 aromatic carbocycles. The van der Waals surface area contributed by atoms with Gasteiger partial charge in [-0.2, -0.15) is 5.10 Å². The molecule has 0 spiro atoms. The van der Waals surface area contributed by atoms with Gasteiger partial charge in [-0.1, -0.05) is 11.8 Å². The summed E-state index contributed by atoms with van der Waals surface area (Å²) in [7, 11) is 0. The Labute approximate surface area is 107 Å². The van der Waals surface area contributed by atoms with Gasteiger partial charge in [-0.15, -0.1) is 11.8 Å². The van der Waals surface area contributed by atoms with Crippen molar-refractivity contribution < 1.29 is 4.74 Å². The maximum absolute atomic E-state index is 5.23. The van der Waals surface area contributed by atoms with Gasteiger partial charge in [-0.25, -0.2) is 14.6 Å². The first-order valence-corrected chi connectivity index (χ1v) is 7.70. The fraction of sp³-hybridized carbons (Fsp3) is 0.500. The van der Waals surface area contributed by atoms with Crippen molar-refractivity contribution in [3.8, 4) is 0 Å². The van der Waals surface area contributed by atoms with Crippen molar-refractivity contribution in [3.63, 3.8) is 0 Å². The van der Waals surface area contributed by atoms with Crippen LogP contribution in [-0.2, 0) is 11.3 Å². The van der Waals surface area contributed by atoms with Crippen LogP contribution in [0, 0.1) is 0 Å². The molecule has 1 saturated heterocycles. The molecule has 1 aliphatic rings. The standard InChI is InChI=1S/C10H12N4OS2/c1-16-9-7-3-11-14(4-6-5-15-6)8(7)12-10(13-9)17-2/h3,6H,4-5H2,1-2H3/t6-/m0/s1. The molecule has 2 aromatic rings. The van der Waals surface area contributed by atoms with Gasteiger partial charge in [0.25, 0.3) is 0 Å². The van der Waals surface area contributed by atoms with Crippen molar-refractivity contribution in [2.75, 3.05) is 19.1 Å². The van der Waals surface area contributed by atoms with Gasteiger partial charge in [0.2, 0.25) is 0 Å². The highest BCUT2D eigenvalue weighted by molar-refractivity contribution is 7.99. The number of hydrogen-bond donors (Lipinski definition) is 0. The van der Waals surface area contributed by atoms with Crippen molar-refractivity contribution in [1.82, 2.24) is 19.7 Å². The van der Waals surface area contributed by atoms with Crippen LogP contribution in [0.5, 0.6) is 0 Å². The van der Waals surface area contributed by atoms with E-state index in [-0.39, 0.29) is 0 Å². The van der Waals surface area contributed by atoms with Crippen LogP contribution >= 0.6 is 23.5 Å². The number of nitrogens with zero attached hydrogens (tertiary/aromatic N) is 4. The third kappa shape index (κ3) is 2.14. The van der Waals surface area contributed by atoms with E-state index in [1.54, 1.807) is 23.5 Å². The van der Waals surface area contributed by atoms with E-state index in [1.807, 2.05) is 23.4 Å². The largest absolute Gasteiger partial charge is 0.371 e. The minimum Gasteiger partial charge on any atom is -0.371 e. The topological polar surface area (TPSA) is 56.1 Å². The van der Waals surface area contributed by atoms with Gasteiger partial charge in [-0.05, 0) is 12.5 Å². The number of epoxide rings is 1. The molecule has 0 unspecified atom stereocenters. The average molecular weight is 268 g/mol. The summed E-state index contributed by atoms with van der Waals surface area (Å²) in [6, 6.07) is 0. The van der Waals surface area contributed by atoms with E-state index in [2.05, 4.69) is 15.1 Å². The molecule has 1 atom stereocenters. The number of rotatable bonds is 4. The minimum atomic E-state index is 0.309. The van der Waals surface area contributed by atoms with Crippen LogP contribution in [0.2, 0.25) is 0 Å². The second-order valence-corrected chi connectivity index (χ2v) is 5.31. The molecule has 0 radical (unpaired) electrons. The highest BCUT2D eigenvalue weighted by Gasteiger charge is 2.24. The van der Waals surface area contributed by atoms with Gasteiger partial charge >= 0.3 is 0 Å². The molecule has 1 fully saturated rings. The van der Waals surface area contributed by atoms with E-state index < -0.39 is 0 Å². The highest BCUT2D eigenvalue weighted by atomic mass is 32.2. The summed E-state index contributed by atoms with van der Waals surface area (Å²) in [4.78, 5) is 9.00. The third-order valence-corrected chi connectivity index (χ3v) is 3.84. The van der Waals surface area contributed by atoms with Crippen molar-refractivity contribution in [2.45, 2.75) is 22.8 Å². The SMILES string of the molecule is CSc1nc(SC)c2cnn(C[C@H]3CO3)c2n1. The Hall–Kier alpha value is -0.790. The summed E-state index contributed by atoms with van der Waals surface area (Å²) in [6.45, 7) is 1.61. The van der Waals surface area contributed by atoms with E-state index in [9.17, 15) is 0 Å². The number of fused-ring (bicyclic) bond motifs is 1. The van der Waals surface area contributed by atoms with E-state index in [4.69, 9.17) is 4.74 Å². The lowest BCUT2D eigenvalue weighted by Gasteiger charge is -2.03. The first kappa shape index (κ1) is 11.3. The fourth-order valence-electron chi connectivity index (χ4n) is 1.66. The van der Waals surface area contributed by atoms with E-state index in [0.29, 0.717) is 6.10 Å². The van der Waals surface area contributed by atoms with E-state index in [0.717, 1.165) is 34.4 Å². The third-order valence-electron chi connectivity index (χ3n) is 2.60. The van der Waals surface area contributed by atoms with Crippen LogP contribution in [0.1, 0.15) is 0 Å². The first-order chi connectivity index (χ1) is 8.31. The number of hydrogen-bond acceptors (Lipinski definition) is 6. The zero-order valence-corrected chi connectivity index (χ0v) is 11.2. The van der Waals surface area contributed by atoms with Crippen LogP contribution in [-0.4, -0.2) is 45.0 Å². The lowest BCUT2D eigenvalue weighted by molar-refractivity contribution is 0.376. The highest BCUT2D eigenvalue weighted by Crippen LogP contribution is 2.26. The molecule has 0 amide bonds. The second kappa shape index (κ2) is 4.47. The lowest BCUT2D eigenvalue weighted by Crippen LogP contribution is -2.06. The molecular weight excluding hydrogens is 256 g/mol. The quantitative estimate of drug-likeness (QED) is 0.364.